The number of aliphatic hydroxyl groups is 1. The van der Waals surface area contributed by atoms with Gasteiger partial charge in [-0.1, -0.05) is 24.0 Å². The van der Waals surface area contributed by atoms with Gasteiger partial charge in [0.15, 0.2) is 5.82 Å². The Morgan fingerprint density at radius 2 is 2.14 bits per heavy atom. The van der Waals surface area contributed by atoms with E-state index in [9.17, 15) is 14.7 Å². The van der Waals surface area contributed by atoms with E-state index in [0.717, 1.165) is 12.8 Å². The van der Waals surface area contributed by atoms with Crippen LogP contribution in [0.25, 0.3) is 11.4 Å². The molecule has 1 saturated heterocycles. The van der Waals surface area contributed by atoms with Gasteiger partial charge >= 0.3 is 0 Å². The Balaban J connectivity index is 1.65. The fraction of sp³-hybridized carbons (Fsp3) is 0.333. The van der Waals surface area contributed by atoms with E-state index in [0.29, 0.717) is 35.4 Å². The van der Waals surface area contributed by atoms with Gasteiger partial charge in [-0.2, -0.15) is 0 Å². The van der Waals surface area contributed by atoms with Crippen molar-refractivity contribution in [3.8, 4) is 23.2 Å². The molecule has 1 aliphatic carbocycles. The van der Waals surface area contributed by atoms with Crippen LogP contribution in [-0.4, -0.2) is 57.0 Å². The van der Waals surface area contributed by atoms with Crippen LogP contribution >= 0.6 is 0 Å². The molecule has 2 fully saturated rings. The third-order valence-electron chi connectivity index (χ3n) is 4.95. The number of rotatable bonds is 4. The Morgan fingerprint density at radius 3 is 2.79 bits per heavy atom. The molecular weight excluding hydrogens is 370 g/mol. The molecule has 1 aromatic carbocycles. The van der Waals surface area contributed by atoms with Gasteiger partial charge in [-0.05, 0) is 25.0 Å². The minimum absolute atomic E-state index is 0.128. The third-order valence-corrected chi connectivity index (χ3v) is 4.95. The largest absolute Gasteiger partial charge is 0.369 e. The van der Waals surface area contributed by atoms with Gasteiger partial charge in [-0.15, -0.1) is 0 Å². The predicted molar refractivity (Wildman–Crippen MR) is 107 cm³/mol. The standard InChI is InChI=1S/C21H21N5O3/c1-26-10-9-21(29,20(26)28)8-7-13-3-2-4-14(11-13)19-24-16(18(22)27)12-17(25-19)23-15-5-6-15/h2-4,11-12,15,29H,5-6,9-10H2,1H3,(H2,22,27)(H,23,24,25)/t21-/m0/s1. The van der Waals surface area contributed by atoms with Crippen LogP contribution in [0.15, 0.2) is 30.3 Å². The fourth-order valence-corrected chi connectivity index (χ4v) is 3.09. The topological polar surface area (TPSA) is 121 Å². The maximum absolute atomic E-state index is 12.1. The smallest absolute Gasteiger partial charge is 0.267 e. The number of primary amides is 1. The van der Waals surface area contributed by atoms with Gasteiger partial charge < -0.3 is 21.1 Å². The van der Waals surface area contributed by atoms with Crippen molar-refractivity contribution in [2.24, 2.45) is 5.73 Å². The Hall–Kier alpha value is -3.44. The monoisotopic (exact) mass is 391 g/mol. The molecule has 1 aliphatic heterocycles. The van der Waals surface area contributed by atoms with Crippen LogP contribution in [-0.2, 0) is 4.79 Å². The van der Waals surface area contributed by atoms with Crippen molar-refractivity contribution in [2.45, 2.75) is 30.9 Å². The van der Waals surface area contributed by atoms with Crippen molar-refractivity contribution in [3.63, 3.8) is 0 Å². The van der Waals surface area contributed by atoms with E-state index < -0.39 is 17.4 Å². The van der Waals surface area contributed by atoms with Gasteiger partial charge in [0, 0.05) is 43.2 Å². The van der Waals surface area contributed by atoms with Crippen LogP contribution in [0.3, 0.4) is 0 Å². The zero-order chi connectivity index (χ0) is 20.6. The molecule has 1 saturated carbocycles. The highest BCUT2D eigenvalue weighted by Gasteiger charge is 2.42. The molecule has 148 valence electrons. The molecule has 2 heterocycles. The summed E-state index contributed by atoms with van der Waals surface area (Å²) in [5, 5.41) is 13.7. The quantitative estimate of drug-likeness (QED) is 0.662. The Kier molecular flexibility index (Phi) is 4.68. The highest BCUT2D eigenvalue weighted by molar-refractivity contribution is 5.92. The fourth-order valence-electron chi connectivity index (χ4n) is 3.09. The first-order chi connectivity index (χ1) is 13.8. The van der Waals surface area contributed by atoms with E-state index in [4.69, 9.17) is 5.73 Å². The second kappa shape index (κ2) is 7.18. The van der Waals surface area contributed by atoms with Crippen LogP contribution in [0.4, 0.5) is 5.82 Å². The highest BCUT2D eigenvalue weighted by Crippen LogP contribution is 2.26. The number of nitrogens with zero attached hydrogens (tertiary/aromatic N) is 3. The molecule has 1 aromatic heterocycles. The van der Waals surface area contributed by atoms with Gasteiger partial charge in [0.1, 0.15) is 11.5 Å². The molecule has 4 N–H and O–H groups in total. The van der Waals surface area contributed by atoms with Crippen LogP contribution in [0.2, 0.25) is 0 Å². The number of anilines is 1. The molecule has 2 amide bonds. The minimum Gasteiger partial charge on any atom is -0.369 e. The van der Waals surface area contributed by atoms with Gasteiger partial charge in [0.05, 0.1) is 0 Å². The number of likely N-dealkylation sites (tertiary alicyclic amines) is 1. The van der Waals surface area contributed by atoms with Crippen LogP contribution in [0.5, 0.6) is 0 Å². The van der Waals surface area contributed by atoms with Crippen LogP contribution in [0.1, 0.15) is 35.3 Å². The molecule has 2 aliphatic rings. The summed E-state index contributed by atoms with van der Waals surface area (Å²) in [5.74, 6) is 5.45. The normalized spacial score (nSPS) is 20.9. The highest BCUT2D eigenvalue weighted by atomic mass is 16.3. The second-order valence-electron chi connectivity index (χ2n) is 7.41. The summed E-state index contributed by atoms with van der Waals surface area (Å²) >= 11 is 0. The van der Waals surface area contributed by atoms with E-state index in [1.165, 1.54) is 4.90 Å². The summed E-state index contributed by atoms with van der Waals surface area (Å²) in [6, 6.07) is 9.00. The van der Waals surface area contributed by atoms with Crippen molar-refractivity contribution in [1.82, 2.24) is 14.9 Å². The van der Waals surface area contributed by atoms with Crippen LogP contribution in [0, 0.1) is 11.8 Å². The average Bonchev–Trinajstić information content (AvgIpc) is 3.49. The lowest BCUT2D eigenvalue weighted by molar-refractivity contribution is -0.137. The first-order valence-corrected chi connectivity index (χ1v) is 9.41. The number of hydrogen-bond donors (Lipinski definition) is 3. The first kappa shape index (κ1) is 18.9. The number of likely N-dealkylation sites (N-methyl/N-ethyl adjacent to an activating group) is 1. The summed E-state index contributed by atoms with van der Waals surface area (Å²) in [6.45, 7) is 0.467. The number of carbonyl (C=O) groups excluding carboxylic acids is 2. The lowest BCUT2D eigenvalue weighted by Crippen LogP contribution is -2.37. The molecule has 0 spiro atoms. The summed E-state index contributed by atoms with van der Waals surface area (Å²) in [5.41, 5.74) is 5.14. The molecule has 29 heavy (non-hydrogen) atoms. The molecule has 0 unspecified atom stereocenters. The Labute approximate surface area is 168 Å². The lowest BCUT2D eigenvalue weighted by Gasteiger charge is -2.13. The molecule has 4 rings (SSSR count). The number of carbonyl (C=O) groups is 2. The Bertz CT molecular complexity index is 1050. The van der Waals surface area contributed by atoms with Crippen molar-refractivity contribution in [1.29, 1.82) is 0 Å². The van der Waals surface area contributed by atoms with Crippen molar-refractivity contribution >= 4 is 17.6 Å². The Morgan fingerprint density at radius 1 is 1.34 bits per heavy atom. The zero-order valence-electron chi connectivity index (χ0n) is 16.0. The minimum atomic E-state index is -1.66. The SMILES string of the molecule is CN1CC[C@@](O)(C#Cc2cccc(-c3nc(NC4CC4)cc(C(N)=O)n3)c2)C1=O. The molecule has 1 atom stereocenters. The van der Waals surface area contributed by atoms with Crippen molar-refractivity contribution in [2.75, 3.05) is 18.9 Å². The van der Waals surface area contributed by atoms with E-state index in [-0.39, 0.29) is 12.1 Å². The van der Waals surface area contributed by atoms with Gasteiger partial charge in [0.25, 0.3) is 11.8 Å². The maximum Gasteiger partial charge on any atom is 0.267 e. The zero-order valence-corrected chi connectivity index (χ0v) is 16.0. The number of nitrogens with one attached hydrogen (secondary N) is 1. The van der Waals surface area contributed by atoms with Crippen molar-refractivity contribution in [3.05, 3.63) is 41.6 Å². The molecule has 8 nitrogen and oxygen atoms in total. The summed E-state index contributed by atoms with van der Waals surface area (Å²) in [6.07, 6.45) is 2.40. The molecular formula is C21H21N5O3. The van der Waals surface area contributed by atoms with Crippen molar-refractivity contribution < 1.29 is 14.7 Å². The van der Waals surface area contributed by atoms with Crippen LogP contribution < -0.4 is 11.1 Å². The van der Waals surface area contributed by atoms with Gasteiger partial charge in [-0.25, -0.2) is 9.97 Å². The summed E-state index contributed by atoms with van der Waals surface area (Å²) in [4.78, 5) is 34.0. The molecule has 0 bridgehead atoms. The number of amides is 2. The molecule has 8 heteroatoms. The number of aromatic nitrogens is 2. The summed E-state index contributed by atoms with van der Waals surface area (Å²) < 4.78 is 0. The molecule has 0 radical (unpaired) electrons. The van der Waals surface area contributed by atoms with Gasteiger partial charge in [0.2, 0.25) is 5.60 Å². The van der Waals surface area contributed by atoms with E-state index in [1.54, 1.807) is 37.4 Å². The average molecular weight is 391 g/mol. The summed E-state index contributed by atoms with van der Waals surface area (Å²) in [7, 11) is 1.64. The number of benzene rings is 1. The van der Waals surface area contributed by atoms with Gasteiger partial charge in [-0.3, -0.25) is 9.59 Å². The van der Waals surface area contributed by atoms with E-state index in [1.807, 2.05) is 0 Å². The maximum atomic E-state index is 12.1. The molecule has 2 aromatic rings. The van der Waals surface area contributed by atoms with E-state index in [2.05, 4.69) is 27.1 Å². The number of nitrogens with two attached hydrogens (primary N) is 1. The van der Waals surface area contributed by atoms with E-state index >= 15 is 0 Å². The second-order valence-corrected chi connectivity index (χ2v) is 7.41. The lowest BCUT2D eigenvalue weighted by atomic mass is 10.0. The first-order valence-electron chi connectivity index (χ1n) is 9.41. The third kappa shape index (κ3) is 4.05. The number of hydrogen-bond acceptors (Lipinski definition) is 6. The predicted octanol–water partition coefficient (Wildman–Crippen LogP) is 0.761.